The van der Waals surface area contributed by atoms with Crippen molar-refractivity contribution in [1.82, 2.24) is 5.32 Å². The molecule has 5 nitrogen and oxygen atoms in total. The number of benzene rings is 1. The molecule has 0 radical (unpaired) electrons. The minimum absolute atomic E-state index is 0. The molecule has 1 saturated heterocycles. The van der Waals surface area contributed by atoms with Crippen molar-refractivity contribution in [1.29, 1.82) is 0 Å². The second-order valence-corrected chi connectivity index (χ2v) is 6.11. The molecule has 1 aromatic rings. The lowest BCUT2D eigenvalue weighted by Gasteiger charge is -2.17. The van der Waals surface area contributed by atoms with Crippen LogP contribution in [-0.4, -0.2) is 37.3 Å². The first-order valence-corrected chi connectivity index (χ1v) is 7.93. The monoisotopic (exact) mass is 392 g/mol. The highest BCUT2D eigenvalue weighted by Gasteiger charge is 2.29. The van der Waals surface area contributed by atoms with Crippen molar-refractivity contribution in [2.75, 3.05) is 13.1 Å². The van der Waals surface area contributed by atoms with E-state index in [9.17, 15) is 4.79 Å². The van der Waals surface area contributed by atoms with Crippen LogP contribution in [0.2, 0.25) is 0 Å². The molecule has 1 heterocycles. The van der Waals surface area contributed by atoms with Gasteiger partial charge < -0.3 is 20.5 Å². The molecule has 0 spiro atoms. The molecule has 3 N–H and O–H groups in total. The molecule has 2 rings (SSSR count). The molecule has 3 atom stereocenters. The van der Waals surface area contributed by atoms with Gasteiger partial charge in [0, 0.05) is 11.0 Å². The normalized spacial score (nSPS) is 21.8. The van der Waals surface area contributed by atoms with Gasteiger partial charge in [-0.3, -0.25) is 4.79 Å². The molecule has 1 unspecified atom stereocenters. The lowest BCUT2D eigenvalue weighted by molar-refractivity contribution is -0.132. The fraction of sp³-hybridized carbons (Fsp3) is 0.533. The summed E-state index contributed by atoms with van der Waals surface area (Å²) in [5, 5.41) is 2.86. The van der Waals surface area contributed by atoms with Crippen LogP contribution in [0.3, 0.4) is 0 Å². The summed E-state index contributed by atoms with van der Waals surface area (Å²) in [6, 6.07) is 7.62. The summed E-state index contributed by atoms with van der Waals surface area (Å²) in [5.74, 6) is 0.682. The van der Waals surface area contributed by atoms with Crippen LogP contribution in [0.25, 0.3) is 0 Å². The zero-order valence-corrected chi connectivity index (χ0v) is 14.9. The minimum atomic E-state index is -0.378. The van der Waals surface area contributed by atoms with Crippen molar-refractivity contribution in [2.24, 2.45) is 5.73 Å². The maximum atomic E-state index is 12.0. The quantitative estimate of drug-likeness (QED) is 0.777. The Morgan fingerprint density at radius 3 is 2.95 bits per heavy atom. The highest BCUT2D eigenvalue weighted by Crippen LogP contribution is 2.20. The highest BCUT2D eigenvalue weighted by molar-refractivity contribution is 9.10. The zero-order chi connectivity index (χ0) is 15.2. The number of amides is 1. The van der Waals surface area contributed by atoms with Crippen LogP contribution in [0, 0.1) is 0 Å². The Balaban J connectivity index is 0.00000242. The summed E-state index contributed by atoms with van der Waals surface area (Å²) >= 11 is 3.39. The van der Waals surface area contributed by atoms with Gasteiger partial charge in [0.15, 0.2) is 0 Å². The fourth-order valence-corrected chi connectivity index (χ4v) is 2.62. The first kappa shape index (κ1) is 19.2. The Kier molecular flexibility index (Phi) is 8.17. The second kappa shape index (κ2) is 9.35. The fourth-order valence-electron chi connectivity index (χ4n) is 2.24. The van der Waals surface area contributed by atoms with Crippen LogP contribution < -0.4 is 15.8 Å². The maximum absolute atomic E-state index is 12.0. The van der Waals surface area contributed by atoms with Crippen molar-refractivity contribution in [3.63, 3.8) is 0 Å². The number of nitrogens with one attached hydrogen (secondary N) is 1. The smallest absolute Gasteiger partial charge is 0.249 e. The molecule has 0 aromatic heterocycles. The second-order valence-electron chi connectivity index (χ2n) is 5.19. The molecule has 1 amide bonds. The Hall–Kier alpha value is -0.820. The van der Waals surface area contributed by atoms with Gasteiger partial charge in [0.1, 0.15) is 18.0 Å². The average molecular weight is 394 g/mol. The number of nitrogens with two attached hydrogens (primary N) is 1. The topological polar surface area (TPSA) is 73.6 Å². The van der Waals surface area contributed by atoms with Gasteiger partial charge in [-0.1, -0.05) is 22.0 Å². The lowest BCUT2D eigenvalue weighted by atomic mass is 10.2. The average Bonchev–Trinajstić information content (AvgIpc) is 2.94. The molecular weight excluding hydrogens is 372 g/mol. The van der Waals surface area contributed by atoms with Crippen molar-refractivity contribution in [2.45, 2.75) is 38.1 Å². The lowest BCUT2D eigenvalue weighted by Crippen LogP contribution is -2.40. The van der Waals surface area contributed by atoms with E-state index in [0.717, 1.165) is 23.1 Å². The third-order valence-corrected chi connectivity index (χ3v) is 3.85. The number of hydrogen-bond donors (Lipinski definition) is 2. The molecule has 0 aliphatic carbocycles. The van der Waals surface area contributed by atoms with E-state index in [1.807, 2.05) is 31.2 Å². The minimum Gasteiger partial charge on any atom is -0.489 e. The Morgan fingerprint density at radius 2 is 2.32 bits per heavy atom. The first-order chi connectivity index (χ1) is 10.1. The van der Waals surface area contributed by atoms with Gasteiger partial charge in [0.25, 0.3) is 0 Å². The molecule has 1 fully saturated rings. The third kappa shape index (κ3) is 5.76. The molecule has 7 heteroatoms. The summed E-state index contributed by atoms with van der Waals surface area (Å²) in [5.41, 5.74) is 5.54. The summed E-state index contributed by atoms with van der Waals surface area (Å²) < 4.78 is 12.3. The number of halogens is 2. The van der Waals surface area contributed by atoms with E-state index in [4.69, 9.17) is 15.2 Å². The van der Waals surface area contributed by atoms with E-state index in [2.05, 4.69) is 21.2 Å². The largest absolute Gasteiger partial charge is 0.489 e. The Bertz CT molecular complexity index is 490. The van der Waals surface area contributed by atoms with Crippen molar-refractivity contribution < 1.29 is 14.3 Å². The SMILES string of the molecule is CC(CNC(=O)[C@@H]1CC[C@H](CN)O1)Oc1cccc(Br)c1.Cl. The van der Waals surface area contributed by atoms with Crippen LogP contribution in [0.15, 0.2) is 28.7 Å². The van der Waals surface area contributed by atoms with Gasteiger partial charge in [0.2, 0.25) is 5.91 Å². The van der Waals surface area contributed by atoms with Gasteiger partial charge in [-0.15, -0.1) is 12.4 Å². The van der Waals surface area contributed by atoms with Crippen molar-refractivity contribution in [3.8, 4) is 5.75 Å². The van der Waals surface area contributed by atoms with Gasteiger partial charge in [0.05, 0.1) is 12.6 Å². The molecule has 22 heavy (non-hydrogen) atoms. The third-order valence-electron chi connectivity index (χ3n) is 3.36. The van der Waals surface area contributed by atoms with E-state index < -0.39 is 0 Å². The molecule has 1 aromatic carbocycles. The predicted octanol–water partition coefficient (Wildman–Crippen LogP) is 2.26. The van der Waals surface area contributed by atoms with Crippen LogP contribution >= 0.6 is 28.3 Å². The van der Waals surface area contributed by atoms with E-state index in [1.165, 1.54) is 0 Å². The molecular formula is C15H22BrClN2O3. The first-order valence-electron chi connectivity index (χ1n) is 7.14. The van der Waals surface area contributed by atoms with E-state index in [-0.39, 0.29) is 36.6 Å². The van der Waals surface area contributed by atoms with Crippen molar-refractivity contribution in [3.05, 3.63) is 28.7 Å². The van der Waals surface area contributed by atoms with Crippen LogP contribution in [0.5, 0.6) is 5.75 Å². The molecule has 0 saturated carbocycles. The number of carbonyl (C=O) groups excluding carboxylic acids is 1. The predicted molar refractivity (Wildman–Crippen MR) is 91.4 cm³/mol. The summed E-state index contributed by atoms with van der Waals surface area (Å²) in [7, 11) is 0. The molecule has 0 bridgehead atoms. The Labute approximate surface area is 145 Å². The molecule has 124 valence electrons. The van der Waals surface area contributed by atoms with Gasteiger partial charge in [-0.05, 0) is 38.0 Å². The summed E-state index contributed by atoms with van der Waals surface area (Å²) in [6.07, 6.45) is 1.09. The Morgan fingerprint density at radius 1 is 1.55 bits per heavy atom. The van der Waals surface area contributed by atoms with E-state index in [0.29, 0.717) is 13.1 Å². The van der Waals surface area contributed by atoms with Crippen LogP contribution in [0.1, 0.15) is 19.8 Å². The van der Waals surface area contributed by atoms with Crippen LogP contribution in [0.4, 0.5) is 0 Å². The zero-order valence-electron chi connectivity index (χ0n) is 12.5. The molecule has 1 aliphatic rings. The van der Waals surface area contributed by atoms with Crippen LogP contribution in [-0.2, 0) is 9.53 Å². The highest BCUT2D eigenvalue weighted by atomic mass is 79.9. The standard InChI is InChI=1S/C15H21BrN2O3.ClH/c1-10(20-12-4-2-3-11(16)7-12)9-18-15(19)14-6-5-13(8-17)21-14;/h2-4,7,10,13-14H,5-6,8-9,17H2,1H3,(H,18,19);1H/t10?,13-,14+;/m1./s1. The van der Waals surface area contributed by atoms with Gasteiger partial charge in [-0.2, -0.15) is 0 Å². The van der Waals surface area contributed by atoms with Gasteiger partial charge >= 0.3 is 0 Å². The number of hydrogen-bond acceptors (Lipinski definition) is 4. The molecule has 1 aliphatic heterocycles. The maximum Gasteiger partial charge on any atom is 0.249 e. The van der Waals surface area contributed by atoms with E-state index in [1.54, 1.807) is 0 Å². The number of carbonyl (C=O) groups is 1. The van der Waals surface area contributed by atoms with Crippen molar-refractivity contribution >= 4 is 34.2 Å². The van der Waals surface area contributed by atoms with Gasteiger partial charge in [-0.25, -0.2) is 0 Å². The number of ether oxygens (including phenoxy) is 2. The number of rotatable bonds is 6. The summed E-state index contributed by atoms with van der Waals surface area (Å²) in [6.45, 7) is 2.82. The van der Waals surface area contributed by atoms with E-state index >= 15 is 0 Å². The summed E-state index contributed by atoms with van der Waals surface area (Å²) in [4.78, 5) is 12.0.